The largest absolute Gasteiger partial charge is 0.322 e. The number of benzene rings is 2. The highest BCUT2D eigenvalue weighted by Gasteiger charge is 2.07. The molecule has 0 unspecified atom stereocenters. The summed E-state index contributed by atoms with van der Waals surface area (Å²) in [6.07, 6.45) is 2.01. The molecule has 1 heterocycles. The van der Waals surface area contributed by atoms with Crippen molar-refractivity contribution in [1.29, 1.82) is 0 Å². The third-order valence-corrected chi connectivity index (χ3v) is 4.93. The van der Waals surface area contributed by atoms with Crippen LogP contribution in [-0.2, 0) is 0 Å². The molecule has 1 aromatic heterocycles. The lowest BCUT2D eigenvalue weighted by molar-refractivity contribution is 0.102. The number of hydrogen-bond acceptors (Lipinski definition) is 4. The van der Waals surface area contributed by atoms with E-state index >= 15 is 0 Å². The summed E-state index contributed by atoms with van der Waals surface area (Å²) < 4.78 is 0. The topological polar surface area (TPSA) is 42.0 Å². The number of thiazole rings is 1. The molecule has 0 aliphatic carbocycles. The van der Waals surface area contributed by atoms with Crippen LogP contribution < -0.4 is 5.32 Å². The molecular formula is C18H16N2OS2. The molecule has 0 saturated heterocycles. The lowest BCUT2D eigenvalue weighted by Gasteiger charge is -2.06. The van der Waals surface area contributed by atoms with Crippen LogP contribution in [-0.4, -0.2) is 17.1 Å². The number of aromatic nitrogens is 1. The molecular weight excluding hydrogens is 324 g/mol. The van der Waals surface area contributed by atoms with Crippen molar-refractivity contribution < 1.29 is 4.79 Å². The molecule has 1 amide bonds. The first-order valence-corrected chi connectivity index (χ1v) is 9.24. The molecule has 0 spiro atoms. The first-order valence-electron chi connectivity index (χ1n) is 7.13. The number of anilines is 1. The molecule has 3 rings (SSSR count). The van der Waals surface area contributed by atoms with Gasteiger partial charge in [0.1, 0.15) is 0 Å². The molecule has 0 aliphatic heterocycles. The van der Waals surface area contributed by atoms with Gasteiger partial charge in [-0.15, -0.1) is 23.1 Å². The predicted octanol–water partition coefficient (Wildman–Crippen LogP) is 5.09. The standard InChI is InChI=1S/C18H16N2OS2/c1-12-19-17(11-23-12)13-3-7-15(8-4-13)20-18(21)14-5-9-16(22-2)10-6-14/h3-11H,1-2H3,(H,20,21). The van der Waals surface area contributed by atoms with Gasteiger partial charge in [0.15, 0.2) is 0 Å². The zero-order valence-corrected chi connectivity index (χ0v) is 14.5. The van der Waals surface area contributed by atoms with E-state index in [4.69, 9.17) is 0 Å². The predicted molar refractivity (Wildman–Crippen MR) is 98.5 cm³/mol. The van der Waals surface area contributed by atoms with Gasteiger partial charge in [-0.25, -0.2) is 4.98 Å². The maximum atomic E-state index is 12.2. The van der Waals surface area contributed by atoms with Crippen LogP contribution in [0, 0.1) is 6.92 Å². The fraction of sp³-hybridized carbons (Fsp3) is 0.111. The third kappa shape index (κ3) is 3.81. The monoisotopic (exact) mass is 340 g/mol. The number of carbonyl (C=O) groups is 1. The highest BCUT2D eigenvalue weighted by Crippen LogP contribution is 2.23. The van der Waals surface area contributed by atoms with Crippen LogP contribution in [0.15, 0.2) is 58.8 Å². The van der Waals surface area contributed by atoms with E-state index in [0.717, 1.165) is 26.8 Å². The summed E-state index contributed by atoms with van der Waals surface area (Å²) in [5, 5.41) is 6.00. The minimum Gasteiger partial charge on any atom is -0.322 e. The zero-order valence-electron chi connectivity index (χ0n) is 12.9. The number of rotatable bonds is 4. The lowest BCUT2D eigenvalue weighted by atomic mass is 10.1. The number of nitrogens with zero attached hydrogens (tertiary/aromatic N) is 1. The number of carbonyl (C=O) groups excluding carboxylic acids is 1. The fourth-order valence-electron chi connectivity index (χ4n) is 2.17. The molecule has 0 aliphatic rings. The highest BCUT2D eigenvalue weighted by atomic mass is 32.2. The van der Waals surface area contributed by atoms with E-state index in [1.54, 1.807) is 23.1 Å². The second kappa shape index (κ2) is 6.98. The van der Waals surface area contributed by atoms with Crippen molar-refractivity contribution >= 4 is 34.7 Å². The van der Waals surface area contributed by atoms with E-state index in [9.17, 15) is 4.79 Å². The number of hydrogen-bond donors (Lipinski definition) is 1. The van der Waals surface area contributed by atoms with E-state index in [1.807, 2.05) is 67.1 Å². The molecule has 0 atom stereocenters. The van der Waals surface area contributed by atoms with Crippen molar-refractivity contribution in [2.75, 3.05) is 11.6 Å². The minimum absolute atomic E-state index is 0.102. The molecule has 0 bridgehead atoms. The van der Waals surface area contributed by atoms with Crippen LogP contribution in [0.3, 0.4) is 0 Å². The van der Waals surface area contributed by atoms with E-state index in [2.05, 4.69) is 10.3 Å². The molecule has 3 nitrogen and oxygen atoms in total. The summed E-state index contributed by atoms with van der Waals surface area (Å²) in [6, 6.07) is 15.3. The molecule has 0 saturated carbocycles. The van der Waals surface area contributed by atoms with E-state index < -0.39 is 0 Å². The van der Waals surface area contributed by atoms with Crippen molar-refractivity contribution in [3.05, 3.63) is 64.5 Å². The first kappa shape index (κ1) is 15.8. The van der Waals surface area contributed by atoms with Crippen LogP contribution in [0.1, 0.15) is 15.4 Å². The number of nitrogens with one attached hydrogen (secondary N) is 1. The van der Waals surface area contributed by atoms with Crippen molar-refractivity contribution in [1.82, 2.24) is 4.98 Å². The Balaban J connectivity index is 1.71. The summed E-state index contributed by atoms with van der Waals surface area (Å²) in [7, 11) is 0. The molecule has 23 heavy (non-hydrogen) atoms. The normalized spacial score (nSPS) is 10.5. The van der Waals surface area contributed by atoms with E-state index in [0.29, 0.717) is 5.56 Å². The summed E-state index contributed by atoms with van der Waals surface area (Å²) in [5.41, 5.74) is 3.45. The summed E-state index contributed by atoms with van der Waals surface area (Å²) in [4.78, 5) is 17.9. The highest BCUT2D eigenvalue weighted by molar-refractivity contribution is 7.98. The summed E-state index contributed by atoms with van der Waals surface area (Å²) in [5.74, 6) is -0.102. The van der Waals surface area contributed by atoms with Gasteiger partial charge in [-0.1, -0.05) is 12.1 Å². The van der Waals surface area contributed by atoms with Gasteiger partial charge in [-0.2, -0.15) is 0 Å². The van der Waals surface area contributed by atoms with E-state index in [1.165, 1.54) is 0 Å². The smallest absolute Gasteiger partial charge is 0.255 e. The van der Waals surface area contributed by atoms with Crippen molar-refractivity contribution in [2.24, 2.45) is 0 Å². The maximum Gasteiger partial charge on any atom is 0.255 e. The second-order valence-corrected chi connectivity index (χ2v) is 6.95. The van der Waals surface area contributed by atoms with Crippen molar-refractivity contribution in [3.8, 4) is 11.3 Å². The van der Waals surface area contributed by atoms with Crippen molar-refractivity contribution in [3.63, 3.8) is 0 Å². The second-order valence-electron chi connectivity index (χ2n) is 5.01. The Morgan fingerprint density at radius 2 is 1.78 bits per heavy atom. The van der Waals surface area contributed by atoms with Gasteiger partial charge in [0.2, 0.25) is 0 Å². The quantitative estimate of drug-likeness (QED) is 0.672. The van der Waals surface area contributed by atoms with Gasteiger partial charge < -0.3 is 5.32 Å². The Morgan fingerprint density at radius 3 is 2.35 bits per heavy atom. The van der Waals surface area contributed by atoms with Crippen LogP contribution in [0.25, 0.3) is 11.3 Å². The summed E-state index contributed by atoms with van der Waals surface area (Å²) in [6.45, 7) is 1.99. The van der Waals surface area contributed by atoms with Gasteiger partial charge in [0, 0.05) is 27.1 Å². The van der Waals surface area contributed by atoms with Gasteiger partial charge in [-0.3, -0.25) is 4.79 Å². The maximum absolute atomic E-state index is 12.2. The van der Waals surface area contributed by atoms with Gasteiger partial charge in [0.25, 0.3) is 5.91 Å². The average molecular weight is 340 g/mol. The molecule has 1 N–H and O–H groups in total. The number of amides is 1. The summed E-state index contributed by atoms with van der Waals surface area (Å²) >= 11 is 3.29. The molecule has 116 valence electrons. The van der Waals surface area contributed by atoms with Crippen molar-refractivity contribution in [2.45, 2.75) is 11.8 Å². The molecule has 0 radical (unpaired) electrons. The van der Waals surface area contributed by atoms with Gasteiger partial charge >= 0.3 is 0 Å². The van der Waals surface area contributed by atoms with E-state index in [-0.39, 0.29) is 5.91 Å². The first-order chi connectivity index (χ1) is 11.2. The van der Waals surface area contributed by atoms with Crippen LogP contribution in [0.4, 0.5) is 5.69 Å². The zero-order chi connectivity index (χ0) is 16.2. The molecule has 0 fully saturated rings. The Bertz CT molecular complexity index is 808. The third-order valence-electron chi connectivity index (χ3n) is 3.41. The molecule has 3 aromatic rings. The Labute approximate surface area is 143 Å². The van der Waals surface area contributed by atoms with Gasteiger partial charge in [0.05, 0.1) is 10.7 Å². The minimum atomic E-state index is -0.102. The van der Waals surface area contributed by atoms with Crippen LogP contribution >= 0.6 is 23.1 Å². The Morgan fingerprint density at radius 1 is 1.09 bits per heavy atom. The lowest BCUT2D eigenvalue weighted by Crippen LogP contribution is -2.11. The number of thioether (sulfide) groups is 1. The average Bonchev–Trinajstić information content (AvgIpc) is 3.02. The molecule has 2 aromatic carbocycles. The Kier molecular flexibility index (Phi) is 4.79. The Hall–Kier alpha value is -2.11. The van der Waals surface area contributed by atoms with Crippen LogP contribution in [0.2, 0.25) is 0 Å². The number of aryl methyl sites for hydroxylation is 1. The van der Waals surface area contributed by atoms with Gasteiger partial charge in [-0.05, 0) is 49.6 Å². The molecule has 5 heteroatoms. The SMILES string of the molecule is CSc1ccc(C(=O)Nc2ccc(-c3csc(C)n3)cc2)cc1. The van der Waals surface area contributed by atoms with Crippen LogP contribution in [0.5, 0.6) is 0 Å². The fourth-order valence-corrected chi connectivity index (χ4v) is 3.20.